The predicted octanol–water partition coefficient (Wildman–Crippen LogP) is 2.89. The van der Waals surface area contributed by atoms with Gasteiger partial charge in [-0.2, -0.15) is 0 Å². The highest BCUT2D eigenvalue weighted by Gasteiger charge is 2.38. The number of benzene rings is 1. The molecule has 1 aromatic carbocycles. The second-order valence-corrected chi connectivity index (χ2v) is 6.25. The van der Waals surface area contributed by atoms with Crippen LogP contribution in [0.1, 0.15) is 39.3 Å². The smallest absolute Gasteiger partial charge is 0.341 e. The van der Waals surface area contributed by atoms with Crippen molar-refractivity contribution in [3.8, 4) is 5.75 Å². The maximum absolute atomic E-state index is 12.6. The van der Waals surface area contributed by atoms with Crippen molar-refractivity contribution >= 4 is 17.7 Å². The Morgan fingerprint density at radius 2 is 2.08 bits per heavy atom. The van der Waals surface area contributed by atoms with E-state index in [1.165, 1.54) is 0 Å². The number of nitrogens with one attached hydrogen (secondary N) is 1. The average molecular weight is 362 g/mol. The molecule has 1 N–H and O–H groups in total. The second kappa shape index (κ2) is 9.33. The van der Waals surface area contributed by atoms with Gasteiger partial charge in [-0.25, -0.2) is 9.79 Å². The van der Waals surface area contributed by atoms with Crippen molar-refractivity contribution in [3.63, 3.8) is 0 Å². The van der Waals surface area contributed by atoms with Gasteiger partial charge < -0.3 is 19.5 Å². The van der Waals surface area contributed by atoms with Gasteiger partial charge in [0.05, 0.1) is 25.4 Å². The van der Waals surface area contributed by atoms with Gasteiger partial charge >= 0.3 is 12.0 Å². The van der Waals surface area contributed by atoms with Crippen LogP contribution in [0.25, 0.3) is 0 Å². The number of hydrogen-bond acceptors (Lipinski definition) is 5. The van der Waals surface area contributed by atoms with E-state index in [9.17, 15) is 9.59 Å². The van der Waals surface area contributed by atoms with Crippen molar-refractivity contribution in [1.29, 1.82) is 0 Å². The van der Waals surface area contributed by atoms with Crippen LogP contribution in [0.3, 0.4) is 0 Å². The normalized spacial score (nSPS) is 19.7. The number of nitrogens with zero attached hydrogens (tertiary/aromatic N) is 1. The fraction of sp³-hybridized carbons (Fsp3) is 0.526. The molecule has 0 radical (unpaired) electrons. The summed E-state index contributed by atoms with van der Waals surface area (Å²) >= 11 is 0. The Morgan fingerprint density at radius 3 is 2.77 bits per heavy atom. The van der Waals surface area contributed by atoms with E-state index in [2.05, 4.69) is 10.3 Å². The van der Waals surface area contributed by atoms with Gasteiger partial charge in [-0.15, -0.1) is 0 Å². The summed E-state index contributed by atoms with van der Waals surface area (Å²) in [4.78, 5) is 28.4. The zero-order valence-electron chi connectivity index (χ0n) is 15.7. The van der Waals surface area contributed by atoms with Gasteiger partial charge in [-0.1, -0.05) is 12.1 Å². The average Bonchev–Trinajstić information content (AvgIpc) is 2.58. The standard InChI is InChI=1S/C19H26N2O5/c1-5-24-15-8-6-7-14(11-15)17-16(13(4)20-19(23)21-17)18(22)26-10-9-25-12(2)3/h6-8,11-12,16-17H,5,9-10H2,1-4H3,(H,21,23). The number of urea groups is 1. The molecular weight excluding hydrogens is 336 g/mol. The Labute approximate surface area is 153 Å². The molecule has 1 aromatic rings. The summed E-state index contributed by atoms with van der Waals surface area (Å²) in [6.45, 7) is 8.39. The van der Waals surface area contributed by atoms with Crippen LogP contribution in [0.5, 0.6) is 5.75 Å². The summed E-state index contributed by atoms with van der Waals surface area (Å²) in [7, 11) is 0. The van der Waals surface area contributed by atoms with E-state index in [0.29, 0.717) is 24.7 Å². The summed E-state index contributed by atoms with van der Waals surface area (Å²) < 4.78 is 16.2. The molecule has 0 aliphatic carbocycles. The number of esters is 1. The molecule has 2 unspecified atom stereocenters. The number of aliphatic imine (C=N–C) groups is 1. The Balaban J connectivity index is 2.17. The van der Waals surface area contributed by atoms with Gasteiger partial charge in [0.15, 0.2) is 0 Å². The summed E-state index contributed by atoms with van der Waals surface area (Å²) in [5, 5.41) is 2.76. The van der Waals surface area contributed by atoms with Crippen molar-refractivity contribution in [2.45, 2.75) is 39.8 Å². The minimum atomic E-state index is -0.691. The minimum absolute atomic E-state index is 0.0695. The summed E-state index contributed by atoms with van der Waals surface area (Å²) in [5.74, 6) is -0.453. The van der Waals surface area contributed by atoms with E-state index in [4.69, 9.17) is 14.2 Å². The van der Waals surface area contributed by atoms with E-state index < -0.39 is 24.0 Å². The number of ether oxygens (including phenoxy) is 3. The lowest BCUT2D eigenvalue weighted by molar-refractivity contribution is -0.149. The largest absolute Gasteiger partial charge is 0.494 e. The molecule has 1 aliphatic heterocycles. The van der Waals surface area contributed by atoms with Crippen molar-refractivity contribution in [1.82, 2.24) is 5.32 Å². The first-order valence-electron chi connectivity index (χ1n) is 8.79. The molecule has 0 spiro atoms. The van der Waals surface area contributed by atoms with E-state index in [-0.39, 0.29) is 12.7 Å². The van der Waals surface area contributed by atoms with Gasteiger partial charge in [-0.05, 0) is 45.4 Å². The quantitative estimate of drug-likeness (QED) is 0.568. The van der Waals surface area contributed by atoms with Crippen molar-refractivity contribution in [2.24, 2.45) is 10.9 Å². The molecule has 0 saturated heterocycles. The molecule has 1 heterocycles. The third-order valence-corrected chi connectivity index (χ3v) is 3.90. The molecule has 7 heteroatoms. The van der Waals surface area contributed by atoms with Crippen molar-refractivity contribution < 1.29 is 23.8 Å². The van der Waals surface area contributed by atoms with Crippen LogP contribution in [-0.4, -0.2) is 43.6 Å². The van der Waals surface area contributed by atoms with Crippen LogP contribution < -0.4 is 10.1 Å². The highest BCUT2D eigenvalue weighted by Crippen LogP contribution is 2.30. The summed E-state index contributed by atoms with van der Waals surface area (Å²) in [6.07, 6.45) is 0.0695. The first-order chi connectivity index (χ1) is 12.4. The SMILES string of the molecule is CCOc1cccc(C2NC(=O)N=C(C)C2C(=O)OCCOC(C)C)c1. The second-order valence-electron chi connectivity index (χ2n) is 6.25. The predicted molar refractivity (Wildman–Crippen MR) is 97.5 cm³/mol. The molecule has 0 bridgehead atoms. The van der Waals surface area contributed by atoms with Gasteiger partial charge in [0.25, 0.3) is 0 Å². The number of hydrogen-bond donors (Lipinski definition) is 1. The molecule has 1 aliphatic rings. The maximum Gasteiger partial charge on any atom is 0.341 e. The molecule has 142 valence electrons. The molecule has 26 heavy (non-hydrogen) atoms. The van der Waals surface area contributed by atoms with Crippen molar-refractivity contribution in [3.05, 3.63) is 29.8 Å². The van der Waals surface area contributed by atoms with Crippen LogP contribution in [0.15, 0.2) is 29.3 Å². The van der Waals surface area contributed by atoms with E-state index in [1.54, 1.807) is 6.92 Å². The highest BCUT2D eigenvalue weighted by molar-refractivity contribution is 6.08. The van der Waals surface area contributed by atoms with Crippen LogP contribution in [-0.2, 0) is 14.3 Å². The highest BCUT2D eigenvalue weighted by atomic mass is 16.6. The number of rotatable bonds is 8. The van der Waals surface area contributed by atoms with Crippen LogP contribution >= 0.6 is 0 Å². The monoisotopic (exact) mass is 362 g/mol. The Morgan fingerprint density at radius 1 is 1.31 bits per heavy atom. The first kappa shape index (κ1) is 19.9. The zero-order valence-corrected chi connectivity index (χ0v) is 15.7. The lowest BCUT2D eigenvalue weighted by Gasteiger charge is -2.30. The topological polar surface area (TPSA) is 86.2 Å². The van der Waals surface area contributed by atoms with Crippen LogP contribution in [0, 0.1) is 5.92 Å². The Hall–Kier alpha value is -2.41. The molecule has 2 amide bonds. The molecule has 7 nitrogen and oxygen atoms in total. The van der Waals surface area contributed by atoms with Crippen LogP contribution in [0.4, 0.5) is 4.79 Å². The third kappa shape index (κ3) is 5.29. The van der Waals surface area contributed by atoms with E-state index >= 15 is 0 Å². The van der Waals surface area contributed by atoms with E-state index in [0.717, 1.165) is 5.56 Å². The molecule has 0 aromatic heterocycles. The maximum atomic E-state index is 12.6. The summed E-state index contributed by atoms with van der Waals surface area (Å²) in [6, 6.07) is 6.28. The van der Waals surface area contributed by atoms with Gasteiger partial charge in [0.1, 0.15) is 18.3 Å². The fourth-order valence-corrected chi connectivity index (χ4v) is 2.78. The van der Waals surface area contributed by atoms with Gasteiger partial charge in [0.2, 0.25) is 0 Å². The lowest BCUT2D eigenvalue weighted by Crippen LogP contribution is -2.44. The molecule has 2 rings (SSSR count). The lowest BCUT2D eigenvalue weighted by atomic mass is 9.88. The molecule has 0 fully saturated rings. The van der Waals surface area contributed by atoms with Gasteiger partial charge in [0, 0.05) is 5.71 Å². The van der Waals surface area contributed by atoms with Crippen LogP contribution in [0.2, 0.25) is 0 Å². The van der Waals surface area contributed by atoms with Crippen molar-refractivity contribution in [2.75, 3.05) is 19.8 Å². The Kier molecular flexibility index (Phi) is 7.15. The third-order valence-electron chi connectivity index (χ3n) is 3.90. The van der Waals surface area contributed by atoms with Gasteiger partial charge in [-0.3, -0.25) is 4.79 Å². The Bertz CT molecular complexity index is 672. The first-order valence-corrected chi connectivity index (χ1v) is 8.79. The minimum Gasteiger partial charge on any atom is -0.494 e. The summed E-state index contributed by atoms with van der Waals surface area (Å²) in [5.41, 5.74) is 1.19. The van der Waals surface area contributed by atoms with E-state index in [1.807, 2.05) is 45.0 Å². The zero-order chi connectivity index (χ0) is 19.1. The number of carbonyl (C=O) groups is 2. The number of carbonyl (C=O) groups excluding carboxylic acids is 2. The molecular formula is C19H26N2O5. The molecule has 2 atom stereocenters. The number of amides is 2. The fourth-order valence-electron chi connectivity index (χ4n) is 2.78. The molecule has 0 saturated carbocycles.